The second-order valence-corrected chi connectivity index (χ2v) is 5.25. The van der Waals surface area contributed by atoms with Crippen LogP contribution in [0, 0.1) is 0 Å². The Bertz CT molecular complexity index is 362. The molecule has 1 aromatic heterocycles. The fraction of sp³-hybridized carbons (Fsp3) is 0.800. The molecule has 0 aliphatic carbocycles. The summed E-state index contributed by atoms with van der Waals surface area (Å²) >= 11 is 0. The molecule has 0 radical (unpaired) electrons. The van der Waals surface area contributed by atoms with Crippen molar-refractivity contribution >= 4 is 11.5 Å². The number of hydrogen-bond donors (Lipinski definition) is 1. The van der Waals surface area contributed by atoms with Gasteiger partial charge in [0.15, 0.2) is 0 Å². The number of unbranched alkanes of at least 4 members (excludes halogenated alkanes) is 2. The molecule has 0 spiro atoms. The van der Waals surface area contributed by atoms with E-state index in [0.717, 1.165) is 43.1 Å². The van der Waals surface area contributed by atoms with Gasteiger partial charge in [-0.25, -0.2) is 0 Å². The Morgan fingerprint density at radius 3 is 2.11 bits per heavy atom. The molecule has 0 aliphatic heterocycles. The normalized spacial score (nSPS) is 10.9. The van der Waals surface area contributed by atoms with Crippen LogP contribution in [0.15, 0.2) is 0 Å². The monoisotopic (exact) mass is 266 g/mol. The van der Waals surface area contributed by atoms with Crippen LogP contribution < -0.4 is 10.6 Å². The summed E-state index contributed by atoms with van der Waals surface area (Å²) in [6.07, 6.45) is 6.89. The van der Waals surface area contributed by atoms with Gasteiger partial charge in [-0.3, -0.25) is 4.68 Å². The number of anilines is 2. The van der Waals surface area contributed by atoms with Crippen molar-refractivity contribution < 1.29 is 0 Å². The van der Waals surface area contributed by atoms with Crippen LogP contribution in [0.25, 0.3) is 0 Å². The second-order valence-electron chi connectivity index (χ2n) is 5.25. The van der Waals surface area contributed by atoms with E-state index in [0.29, 0.717) is 0 Å². The molecule has 0 saturated carbocycles. The number of aryl methyl sites for hydroxylation is 2. The van der Waals surface area contributed by atoms with Crippen molar-refractivity contribution in [3.63, 3.8) is 0 Å². The molecule has 0 aromatic carbocycles. The van der Waals surface area contributed by atoms with Gasteiger partial charge in [0.1, 0.15) is 5.82 Å². The molecule has 0 aliphatic rings. The smallest absolute Gasteiger partial charge is 0.150 e. The van der Waals surface area contributed by atoms with Gasteiger partial charge in [0.2, 0.25) is 0 Å². The summed E-state index contributed by atoms with van der Waals surface area (Å²) in [6.45, 7) is 8.78. The molecule has 0 amide bonds. The molecule has 0 fully saturated rings. The van der Waals surface area contributed by atoms with E-state index in [1.807, 2.05) is 11.7 Å². The molecule has 0 saturated heterocycles. The lowest BCUT2D eigenvalue weighted by Gasteiger charge is -2.25. The molecule has 0 unspecified atom stereocenters. The fourth-order valence-electron chi connectivity index (χ4n) is 2.40. The van der Waals surface area contributed by atoms with E-state index in [2.05, 4.69) is 30.8 Å². The Kier molecular flexibility index (Phi) is 6.74. The average molecular weight is 266 g/mol. The molecule has 110 valence electrons. The van der Waals surface area contributed by atoms with E-state index < -0.39 is 0 Å². The maximum Gasteiger partial charge on any atom is 0.150 e. The molecular weight excluding hydrogens is 236 g/mol. The van der Waals surface area contributed by atoms with Crippen molar-refractivity contribution in [2.45, 2.75) is 59.3 Å². The third kappa shape index (κ3) is 4.15. The van der Waals surface area contributed by atoms with Crippen LogP contribution in [0.2, 0.25) is 0 Å². The van der Waals surface area contributed by atoms with Gasteiger partial charge in [0, 0.05) is 20.1 Å². The SMILES string of the molecule is CCCCN(CCCC)c1c(N)c(CCC)nn1C. The Morgan fingerprint density at radius 2 is 1.63 bits per heavy atom. The Hall–Kier alpha value is -1.19. The van der Waals surface area contributed by atoms with Crippen LogP contribution in [-0.4, -0.2) is 22.9 Å². The molecule has 0 bridgehead atoms. The van der Waals surface area contributed by atoms with Crippen molar-refractivity contribution in [2.24, 2.45) is 7.05 Å². The van der Waals surface area contributed by atoms with Crippen molar-refractivity contribution in [1.29, 1.82) is 0 Å². The fourth-order valence-corrected chi connectivity index (χ4v) is 2.40. The van der Waals surface area contributed by atoms with Gasteiger partial charge in [-0.15, -0.1) is 0 Å². The first-order chi connectivity index (χ1) is 9.15. The Morgan fingerprint density at radius 1 is 1.05 bits per heavy atom. The zero-order valence-electron chi connectivity index (χ0n) is 13.1. The highest BCUT2D eigenvalue weighted by molar-refractivity contribution is 5.66. The molecular formula is C15H30N4. The summed E-state index contributed by atoms with van der Waals surface area (Å²) in [5.74, 6) is 1.12. The molecule has 1 heterocycles. The van der Waals surface area contributed by atoms with Gasteiger partial charge in [-0.2, -0.15) is 5.10 Å². The predicted molar refractivity (Wildman–Crippen MR) is 83.6 cm³/mol. The molecule has 1 rings (SSSR count). The lowest BCUT2D eigenvalue weighted by Crippen LogP contribution is -2.28. The van der Waals surface area contributed by atoms with Crippen LogP contribution in [0.3, 0.4) is 0 Å². The minimum atomic E-state index is 0.886. The molecule has 0 atom stereocenters. The van der Waals surface area contributed by atoms with Crippen molar-refractivity contribution in [1.82, 2.24) is 9.78 Å². The minimum absolute atomic E-state index is 0.886. The first-order valence-corrected chi connectivity index (χ1v) is 7.71. The highest BCUT2D eigenvalue weighted by atomic mass is 15.4. The first-order valence-electron chi connectivity index (χ1n) is 7.71. The summed E-state index contributed by atoms with van der Waals surface area (Å²) in [5.41, 5.74) is 8.25. The van der Waals surface area contributed by atoms with Crippen molar-refractivity contribution in [3.05, 3.63) is 5.69 Å². The molecule has 2 N–H and O–H groups in total. The van der Waals surface area contributed by atoms with Crippen molar-refractivity contribution in [2.75, 3.05) is 23.7 Å². The highest BCUT2D eigenvalue weighted by Crippen LogP contribution is 2.27. The summed E-state index contributed by atoms with van der Waals surface area (Å²) in [4.78, 5) is 2.41. The minimum Gasteiger partial charge on any atom is -0.394 e. The first kappa shape index (κ1) is 15.9. The van der Waals surface area contributed by atoms with E-state index >= 15 is 0 Å². The van der Waals surface area contributed by atoms with Crippen LogP contribution in [-0.2, 0) is 13.5 Å². The van der Waals surface area contributed by atoms with Gasteiger partial charge in [0.25, 0.3) is 0 Å². The molecule has 19 heavy (non-hydrogen) atoms. The van der Waals surface area contributed by atoms with Gasteiger partial charge in [0.05, 0.1) is 11.4 Å². The van der Waals surface area contributed by atoms with Gasteiger partial charge < -0.3 is 10.6 Å². The van der Waals surface area contributed by atoms with Crippen LogP contribution in [0.1, 0.15) is 58.6 Å². The number of nitrogen functional groups attached to an aromatic ring is 1. The van der Waals surface area contributed by atoms with Crippen molar-refractivity contribution in [3.8, 4) is 0 Å². The number of hydrogen-bond acceptors (Lipinski definition) is 3. The molecule has 1 aromatic rings. The van der Waals surface area contributed by atoms with E-state index in [1.165, 1.54) is 25.7 Å². The van der Waals surface area contributed by atoms with E-state index in [-0.39, 0.29) is 0 Å². The summed E-state index contributed by atoms with van der Waals surface area (Å²) in [6, 6.07) is 0. The standard InChI is InChI=1S/C15H30N4/c1-5-8-11-19(12-9-6-2)15-14(16)13(10-7-3)17-18(15)4/h5-12,16H2,1-4H3. The maximum absolute atomic E-state index is 6.31. The maximum atomic E-state index is 6.31. The lowest BCUT2D eigenvalue weighted by atomic mass is 10.2. The third-order valence-electron chi connectivity index (χ3n) is 3.48. The highest BCUT2D eigenvalue weighted by Gasteiger charge is 2.18. The third-order valence-corrected chi connectivity index (χ3v) is 3.48. The summed E-state index contributed by atoms with van der Waals surface area (Å²) in [5, 5.41) is 4.59. The molecule has 4 nitrogen and oxygen atoms in total. The van der Waals surface area contributed by atoms with Crippen LogP contribution in [0.5, 0.6) is 0 Å². The van der Waals surface area contributed by atoms with Gasteiger partial charge >= 0.3 is 0 Å². The number of rotatable bonds is 9. The number of nitrogens with zero attached hydrogens (tertiary/aromatic N) is 3. The van der Waals surface area contributed by atoms with E-state index in [1.54, 1.807) is 0 Å². The van der Waals surface area contributed by atoms with Crippen LogP contribution >= 0.6 is 0 Å². The van der Waals surface area contributed by atoms with Gasteiger partial charge in [-0.1, -0.05) is 40.0 Å². The second kappa shape index (κ2) is 8.08. The Balaban J connectivity index is 2.92. The van der Waals surface area contributed by atoms with Crippen LogP contribution in [0.4, 0.5) is 11.5 Å². The van der Waals surface area contributed by atoms with Gasteiger partial charge in [-0.05, 0) is 19.3 Å². The van der Waals surface area contributed by atoms with E-state index in [9.17, 15) is 0 Å². The molecule has 4 heteroatoms. The summed E-state index contributed by atoms with van der Waals surface area (Å²) < 4.78 is 1.96. The predicted octanol–water partition coefficient (Wildman–Crippen LogP) is 3.36. The number of aromatic nitrogens is 2. The lowest BCUT2D eigenvalue weighted by molar-refractivity contribution is 0.641. The number of nitrogens with two attached hydrogens (primary N) is 1. The topological polar surface area (TPSA) is 47.1 Å². The zero-order chi connectivity index (χ0) is 14.3. The quantitative estimate of drug-likeness (QED) is 0.745. The zero-order valence-corrected chi connectivity index (χ0v) is 13.1. The summed E-state index contributed by atoms with van der Waals surface area (Å²) in [7, 11) is 2.01. The largest absolute Gasteiger partial charge is 0.394 e. The van der Waals surface area contributed by atoms with E-state index in [4.69, 9.17) is 5.73 Å². The Labute approximate surface area is 118 Å². The average Bonchev–Trinajstić information content (AvgIpc) is 2.66.